The normalized spacial score (nSPS) is 21.1. The van der Waals surface area contributed by atoms with Crippen LogP contribution in [0.3, 0.4) is 0 Å². The number of hydrogen-bond donors (Lipinski definition) is 0. The van der Waals surface area contributed by atoms with Crippen LogP contribution in [0.1, 0.15) is 98.8 Å². The van der Waals surface area contributed by atoms with Crippen LogP contribution in [0.15, 0.2) is 48.5 Å². The summed E-state index contributed by atoms with van der Waals surface area (Å²) in [5, 5.41) is 8.95. The summed E-state index contributed by atoms with van der Waals surface area (Å²) in [6.45, 7) is 4.62. The fourth-order valence-corrected chi connectivity index (χ4v) is 4.36. The fourth-order valence-electron chi connectivity index (χ4n) is 4.36. The highest BCUT2D eigenvalue weighted by Gasteiger charge is 2.23. The number of nitrogens with zero attached hydrogens (tertiary/aromatic N) is 1. The summed E-state index contributed by atoms with van der Waals surface area (Å²) in [6.07, 6.45) is 8.96. The molecule has 0 bridgehead atoms. The van der Waals surface area contributed by atoms with Crippen LogP contribution in [-0.4, -0.2) is 0 Å². The first kappa shape index (κ1) is 18.7. The molecule has 1 heteroatoms. The maximum absolute atomic E-state index is 8.95. The van der Waals surface area contributed by atoms with Crippen molar-refractivity contribution in [3.05, 3.63) is 70.8 Å². The van der Waals surface area contributed by atoms with Crippen LogP contribution < -0.4 is 0 Å². The maximum atomic E-state index is 8.95. The molecule has 1 unspecified atom stereocenters. The molecule has 3 rings (SSSR count). The fraction of sp³-hybridized carbons (Fsp3) is 0.480. The smallest absolute Gasteiger partial charge is 0.0991 e. The largest absolute Gasteiger partial charge is 0.192 e. The monoisotopic (exact) mass is 345 g/mol. The number of hydrogen-bond acceptors (Lipinski definition) is 1. The van der Waals surface area contributed by atoms with E-state index in [2.05, 4.69) is 56.3 Å². The van der Waals surface area contributed by atoms with Crippen LogP contribution >= 0.6 is 0 Å². The molecule has 0 amide bonds. The van der Waals surface area contributed by atoms with Crippen LogP contribution in [0.2, 0.25) is 0 Å². The molecular weight excluding hydrogens is 314 g/mol. The van der Waals surface area contributed by atoms with Gasteiger partial charge in [0, 0.05) is 0 Å². The Labute approximate surface area is 159 Å². The van der Waals surface area contributed by atoms with Gasteiger partial charge < -0.3 is 0 Å². The van der Waals surface area contributed by atoms with E-state index in [-0.39, 0.29) is 0 Å². The van der Waals surface area contributed by atoms with Crippen molar-refractivity contribution in [3.63, 3.8) is 0 Å². The third-order valence-electron chi connectivity index (χ3n) is 6.21. The van der Waals surface area contributed by atoms with E-state index in [0.29, 0.717) is 17.8 Å². The first-order valence-electron chi connectivity index (χ1n) is 10.3. The lowest BCUT2D eigenvalue weighted by molar-refractivity contribution is 0.396. The number of rotatable bonds is 6. The second kappa shape index (κ2) is 9.04. The van der Waals surface area contributed by atoms with Gasteiger partial charge in [-0.25, -0.2) is 0 Å². The van der Waals surface area contributed by atoms with Crippen molar-refractivity contribution >= 4 is 0 Å². The molecule has 1 fully saturated rings. The standard InChI is InChI=1S/C25H31N/c1-3-4-5-19(2)21-10-12-23(13-11-21)25-16-14-24(15-17-25)22-8-6-20(18-26)7-9-22/h6-13,19,24-25H,3-5,14-17H2,1-2H3/t19?,24-,25-. The van der Waals surface area contributed by atoms with E-state index >= 15 is 0 Å². The van der Waals surface area contributed by atoms with Gasteiger partial charge in [-0.1, -0.05) is 63.1 Å². The Balaban J connectivity index is 1.56. The molecule has 136 valence electrons. The molecule has 0 aromatic heterocycles. The lowest BCUT2D eigenvalue weighted by atomic mass is 9.76. The van der Waals surface area contributed by atoms with E-state index < -0.39 is 0 Å². The number of unbranched alkanes of at least 4 members (excludes halogenated alkanes) is 1. The van der Waals surface area contributed by atoms with Gasteiger partial charge in [-0.2, -0.15) is 5.26 Å². The molecule has 0 N–H and O–H groups in total. The molecular formula is C25H31N. The first-order valence-corrected chi connectivity index (χ1v) is 10.3. The van der Waals surface area contributed by atoms with Gasteiger partial charge in [-0.15, -0.1) is 0 Å². The van der Waals surface area contributed by atoms with Crippen molar-refractivity contribution in [2.75, 3.05) is 0 Å². The van der Waals surface area contributed by atoms with Gasteiger partial charge in [0.2, 0.25) is 0 Å². The number of nitriles is 1. The van der Waals surface area contributed by atoms with E-state index in [1.165, 1.54) is 61.6 Å². The average molecular weight is 346 g/mol. The number of benzene rings is 2. The Bertz CT molecular complexity index is 712. The predicted octanol–water partition coefficient (Wildman–Crippen LogP) is 7.29. The highest BCUT2D eigenvalue weighted by atomic mass is 14.3. The second-order valence-electron chi connectivity index (χ2n) is 7.99. The molecule has 0 radical (unpaired) electrons. The quantitative estimate of drug-likeness (QED) is 0.539. The van der Waals surface area contributed by atoms with Crippen molar-refractivity contribution in [2.45, 2.75) is 76.5 Å². The third kappa shape index (κ3) is 4.55. The summed E-state index contributed by atoms with van der Waals surface area (Å²) in [5.41, 5.74) is 5.18. The van der Waals surface area contributed by atoms with E-state index in [9.17, 15) is 0 Å². The van der Waals surface area contributed by atoms with Gasteiger partial charge in [0.1, 0.15) is 0 Å². The van der Waals surface area contributed by atoms with Crippen molar-refractivity contribution in [2.24, 2.45) is 0 Å². The Morgan fingerprint density at radius 3 is 1.85 bits per heavy atom. The highest BCUT2D eigenvalue weighted by molar-refractivity contribution is 5.34. The summed E-state index contributed by atoms with van der Waals surface area (Å²) in [6, 6.07) is 19.9. The Morgan fingerprint density at radius 1 is 0.885 bits per heavy atom. The summed E-state index contributed by atoms with van der Waals surface area (Å²) in [4.78, 5) is 0. The van der Waals surface area contributed by atoms with Crippen LogP contribution in [0.5, 0.6) is 0 Å². The van der Waals surface area contributed by atoms with Crippen molar-refractivity contribution < 1.29 is 0 Å². The molecule has 1 nitrogen and oxygen atoms in total. The van der Waals surface area contributed by atoms with Crippen LogP contribution in [0.4, 0.5) is 0 Å². The molecule has 0 spiro atoms. The van der Waals surface area contributed by atoms with Gasteiger partial charge in [0.25, 0.3) is 0 Å². The van der Waals surface area contributed by atoms with Crippen molar-refractivity contribution in [1.29, 1.82) is 5.26 Å². The Hall–Kier alpha value is -2.07. The molecule has 1 aliphatic carbocycles. The van der Waals surface area contributed by atoms with Crippen molar-refractivity contribution in [1.82, 2.24) is 0 Å². The zero-order chi connectivity index (χ0) is 18.4. The lowest BCUT2D eigenvalue weighted by Crippen LogP contribution is -2.12. The molecule has 2 aromatic rings. The molecule has 1 atom stereocenters. The van der Waals surface area contributed by atoms with E-state index in [1.807, 2.05) is 12.1 Å². The topological polar surface area (TPSA) is 23.8 Å². The lowest BCUT2D eigenvalue weighted by Gasteiger charge is -2.29. The third-order valence-corrected chi connectivity index (χ3v) is 6.21. The molecule has 0 heterocycles. The minimum Gasteiger partial charge on any atom is -0.192 e. The minimum absolute atomic E-state index is 0.660. The zero-order valence-corrected chi connectivity index (χ0v) is 16.2. The summed E-state index contributed by atoms with van der Waals surface area (Å²) >= 11 is 0. The zero-order valence-electron chi connectivity index (χ0n) is 16.2. The van der Waals surface area contributed by atoms with Crippen LogP contribution in [0, 0.1) is 11.3 Å². The van der Waals surface area contributed by atoms with Gasteiger partial charge in [0.05, 0.1) is 11.6 Å². The SMILES string of the molecule is CCCCC(C)c1ccc([C@H]2CC[C@H](c3ccc(C#N)cc3)CC2)cc1. The molecule has 2 aromatic carbocycles. The first-order chi connectivity index (χ1) is 12.7. The van der Waals surface area contributed by atoms with Crippen LogP contribution in [0.25, 0.3) is 0 Å². The predicted molar refractivity (Wildman–Crippen MR) is 109 cm³/mol. The van der Waals surface area contributed by atoms with Gasteiger partial charge >= 0.3 is 0 Å². The van der Waals surface area contributed by atoms with Gasteiger partial charge in [0.15, 0.2) is 0 Å². The Morgan fingerprint density at radius 2 is 1.38 bits per heavy atom. The molecule has 0 saturated heterocycles. The van der Waals surface area contributed by atoms with Crippen LogP contribution in [-0.2, 0) is 0 Å². The molecule has 0 aliphatic heterocycles. The van der Waals surface area contributed by atoms with E-state index in [4.69, 9.17) is 5.26 Å². The molecule has 26 heavy (non-hydrogen) atoms. The molecule has 1 saturated carbocycles. The van der Waals surface area contributed by atoms with Gasteiger partial charge in [-0.3, -0.25) is 0 Å². The van der Waals surface area contributed by atoms with E-state index in [0.717, 1.165) is 5.56 Å². The van der Waals surface area contributed by atoms with E-state index in [1.54, 1.807) is 0 Å². The average Bonchev–Trinajstić information content (AvgIpc) is 2.72. The summed E-state index contributed by atoms with van der Waals surface area (Å²) in [7, 11) is 0. The summed E-state index contributed by atoms with van der Waals surface area (Å²) < 4.78 is 0. The minimum atomic E-state index is 0.660. The maximum Gasteiger partial charge on any atom is 0.0991 e. The van der Waals surface area contributed by atoms with Crippen molar-refractivity contribution in [3.8, 4) is 6.07 Å². The highest BCUT2D eigenvalue weighted by Crippen LogP contribution is 2.40. The Kier molecular flexibility index (Phi) is 6.51. The second-order valence-corrected chi connectivity index (χ2v) is 7.99. The summed E-state index contributed by atoms with van der Waals surface area (Å²) in [5.74, 6) is 2.05. The van der Waals surface area contributed by atoms with Gasteiger partial charge in [-0.05, 0) is 78.7 Å². The molecule has 1 aliphatic rings.